The largest absolute Gasteiger partial charge is 0.497 e. The second-order valence-electron chi connectivity index (χ2n) is 5.40. The van der Waals surface area contributed by atoms with Crippen molar-refractivity contribution in [1.29, 1.82) is 0 Å². The number of nitrogens with one attached hydrogen (secondary N) is 2. The van der Waals surface area contributed by atoms with E-state index in [0.29, 0.717) is 24.2 Å². The Morgan fingerprint density at radius 2 is 2.08 bits per heavy atom. The van der Waals surface area contributed by atoms with E-state index in [2.05, 4.69) is 25.8 Å². The predicted molar refractivity (Wildman–Crippen MR) is 110 cm³/mol. The molecule has 26 heavy (non-hydrogen) atoms. The number of halogens is 1. The van der Waals surface area contributed by atoms with E-state index >= 15 is 0 Å². The maximum Gasteiger partial charge on any atom is 0.223 e. The van der Waals surface area contributed by atoms with Crippen LogP contribution in [-0.2, 0) is 6.54 Å². The number of aromatic nitrogens is 2. The fourth-order valence-corrected chi connectivity index (χ4v) is 2.34. The lowest BCUT2D eigenvalue weighted by molar-refractivity contribution is 0.387. The first kappa shape index (κ1) is 22.0. The molecule has 0 aliphatic carbocycles. The first-order valence-corrected chi connectivity index (χ1v) is 8.13. The van der Waals surface area contributed by atoms with Gasteiger partial charge in [-0.15, -0.1) is 24.0 Å². The highest BCUT2D eigenvalue weighted by Crippen LogP contribution is 2.29. The Kier molecular flexibility index (Phi) is 9.17. The van der Waals surface area contributed by atoms with E-state index in [1.807, 2.05) is 32.0 Å². The molecule has 0 aliphatic heterocycles. The van der Waals surface area contributed by atoms with E-state index in [1.54, 1.807) is 21.1 Å². The lowest BCUT2D eigenvalue weighted by atomic mass is 10.1. The number of guanidine groups is 1. The number of hydrogen-bond acceptors (Lipinski definition) is 6. The predicted octanol–water partition coefficient (Wildman–Crippen LogP) is 2.83. The van der Waals surface area contributed by atoms with E-state index in [0.717, 1.165) is 23.6 Å². The van der Waals surface area contributed by atoms with Gasteiger partial charge in [0.15, 0.2) is 11.8 Å². The summed E-state index contributed by atoms with van der Waals surface area (Å²) in [4.78, 5) is 8.65. The molecule has 1 atom stereocenters. The van der Waals surface area contributed by atoms with Crippen LogP contribution < -0.4 is 20.1 Å². The standard InChI is InChI=1S/C17H25N5O3.HI/c1-6-18-17(19-10-16-21-12(3)25-22-16)20-11(2)14-9-13(23-4)7-8-15(14)24-5;/h7-9,11H,6,10H2,1-5H3,(H2,18,19,20);1H. The lowest BCUT2D eigenvalue weighted by Crippen LogP contribution is -2.38. The maximum absolute atomic E-state index is 5.45. The van der Waals surface area contributed by atoms with Gasteiger partial charge in [0.25, 0.3) is 0 Å². The summed E-state index contributed by atoms with van der Waals surface area (Å²) in [5.74, 6) is 3.28. The number of aryl methyl sites for hydroxylation is 1. The average molecular weight is 475 g/mol. The number of rotatable bonds is 7. The van der Waals surface area contributed by atoms with E-state index in [4.69, 9.17) is 14.0 Å². The minimum atomic E-state index is -0.0464. The minimum absolute atomic E-state index is 0. The molecule has 2 aromatic rings. The van der Waals surface area contributed by atoms with Gasteiger partial charge in [0.2, 0.25) is 5.89 Å². The molecule has 0 radical (unpaired) electrons. The van der Waals surface area contributed by atoms with E-state index in [1.165, 1.54) is 0 Å². The zero-order chi connectivity index (χ0) is 18.2. The van der Waals surface area contributed by atoms with Gasteiger partial charge in [-0.3, -0.25) is 0 Å². The Morgan fingerprint density at radius 1 is 1.31 bits per heavy atom. The molecule has 2 rings (SSSR count). The third kappa shape index (κ3) is 6.04. The van der Waals surface area contributed by atoms with E-state index < -0.39 is 0 Å². The molecule has 1 aromatic heterocycles. The van der Waals surface area contributed by atoms with Crippen LogP contribution in [0.4, 0.5) is 0 Å². The number of methoxy groups -OCH3 is 2. The molecular formula is C17H26IN5O3. The SMILES string of the molecule is CCNC(=NCc1noc(C)n1)NC(C)c1cc(OC)ccc1OC.I. The van der Waals surface area contributed by atoms with Crippen molar-refractivity contribution in [2.24, 2.45) is 4.99 Å². The van der Waals surface area contributed by atoms with Crippen LogP contribution >= 0.6 is 24.0 Å². The van der Waals surface area contributed by atoms with Gasteiger partial charge < -0.3 is 24.6 Å². The molecule has 1 aromatic carbocycles. The number of benzene rings is 1. The van der Waals surface area contributed by atoms with E-state index in [9.17, 15) is 0 Å². The molecule has 0 spiro atoms. The summed E-state index contributed by atoms with van der Waals surface area (Å²) in [6, 6.07) is 5.66. The van der Waals surface area contributed by atoms with Crippen LogP contribution in [0.5, 0.6) is 11.5 Å². The van der Waals surface area contributed by atoms with Crippen molar-refractivity contribution in [1.82, 2.24) is 20.8 Å². The topological polar surface area (TPSA) is 93.8 Å². The molecular weight excluding hydrogens is 449 g/mol. The molecule has 8 nitrogen and oxygen atoms in total. The number of ether oxygens (including phenoxy) is 2. The van der Waals surface area contributed by atoms with Gasteiger partial charge in [0.05, 0.1) is 20.3 Å². The Hall–Kier alpha value is -2.04. The third-order valence-electron chi connectivity index (χ3n) is 3.55. The van der Waals surface area contributed by atoms with Gasteiger partial charge in [-0.1, -0.05) is 5.16 Å². The zero-order valence-corrected chi connectivity index (χ0v) is 18.0. The number of nitrogens with zero attached hydrogens (tertiary/aromatic N) is 3. The molecule has 2 N–H and O–H groups in total. The van der Waals surface area contributed by atoms with Crippen molar-refractivity contribution in [3.8, 4) is 11.5 Å². The molecule has 144 valence electrons. The maximum atomic E-state index is 5.45. The summed E-state index contributed by atoms with van der Waals surface area (Å²) >= 11 is 0. The molecule has 0 saturated carbocycles. The summed E-state index contributed by atoms with van der Waals surface area (Å²) in [7, 11) is 3.29. The van der Waals surface area contributed by atoms with Crippen molar-refractivity contribution in [3.05, 3.63) is 35.5 Å². The van der Waals surface area contributed by atoms with Crippen LogP contribution in [-0.4, -0.2) is 36.9 Å². The highest BCUT2D eigenvalue weighted by atomic mass is 127. The highest BCUT2D eigenvalue weighted by molar-refractivity contribution is 14.0. The van der Waals surface area contributed by atoms with Crippen LogP contribution in [0, 0.1) is 6.92 Å². The van der Waals surface area contributed by atoms with Gasteiger partial charge in [0.1, 0.15) is 18.0 Å². The van der Waals surface area contributed by atoms with Crippen LogP contribution in [0.15, 0.2) is 27.7 Å². The monoisotopic (exact) mass is 475 g/mol. The quantitative estimate of drug-likeness (QED) is 0.362. The number of aliphatic imine (C=N–C) groups is 1. The minimum Gasteiger partial charge on any atom is -0.497 e. The first-order chi connectivity index (χ1) is 12.1. The molecule has 0 bridgehead atoms. The van der Waals surface area contributed by atoms with Gasteiger partial charge >= 0.3 is 0 Å². The van der Waals surface area contributed by atoms with Crippen molar-refractivity contribution < 1.29 is 14.0 Å². The summed E-state index contributed by atoms with van der Waals surface area (Å²) < 4.78 is 15.7. The highest BCUT2D eigenvalue weighted by Gasteiger charge is 2.14. The molecule has 1 heterocycles. The van der Waals surface area contributed by atoms with Crippen LogP contribution in [0.1, 0.15) is 37.2 Å². The molecule has 0 saturated heterocycles. The molecule has 9 heteroatoms. The average Bonchev–Trinajstić information content (AvgIpc) is 3.04. The van der Waals surface area contributed by atoms with Crippen molar-refractivity contribution in [2.45, 2.75) is 33.4 Å². The summed E-state index contributed by atoms with van der Waals surface area (Å²) in [6.45, 7) is 6.85. The zero-order valence-electron chi connectivity index (χ0n) is 15.7. The van der Waals surface area contributed by atoms with Crippen molar-refractivity contribution in [3.63, 3.8) is 0 Å². The van der Waals surface area contributed by atoms with Gasteiger partial charge in [-0.2, -0.15) is 4.98 Å². The second kappa shape index (κ2) is 10.8. The van der Waals surface area contributed by atoms with Gasteiger partial charge in [0, 0.05) is 19.0 Å². The second-order valence-corrected chi connectivity index (χ2v) is 5.40. The van der Waals surface area contributed by atoms with Gasteiger partial charge in [-0.05, 0) is 32.0 Å². The fourth-order valence-electron chi connectivity index (χ4n) is 2.34. The smallest absolute Gasteiger partial charge is 0.223 e. The Morgan fingerprint density at radius 3 is 2.65 bits per heavy atom. The molecule has 1 unspecified atom stereocenters. The lowest BCUT2D eigenvalue weighted by Gasteiger charge is -2.20. The Balaban J connectivity index is 0.00000338. The summed E-state index contributed by atoms with van der Waals surface area (Å²) in [5.41, 5.74) is 0.975. The summed E-state index contributed by atoms with van der Waals surface area (Å²) in [6.07, 6.45) is 0. The van der Waals surface area contributed by atoms with Crippen LogP contribution in [0.25, 0.3) is 0 Å². The van der Waals surface area contributed by atoms with E-state index in [-0.39, 0.29) is 30.0 Å². The van der Waals surface area contributed by atoms with Crippen LogP contribution in [0.2, 0.25) is 0 Å². The van der Waals surface area contributed by atoms with Gasteiger partial charge in [-0.25, -0.2) is 4.99 Å². The van der Waals surface area contributed by atoms with Crippen molar-refractivity contribution in [2.75, 3.05) is 20.8 Å². The number of hydrogen-bond donors (Lipinski definition) is 2. The normalized spacial score (nSPS) is 12.1. The Bertz CT molecular complexity index is 720. The molecule has 0 amide bonds. The third-order valence-corrected chi connectivity index (χ3v) is 3.55. The molecule has 0 aliphatic rings. The molecule has 0 fully saturated rings. The van der Waals surface area contributed by atoms with Crippen molar-refractivity contribution >= 4 is 29.9 Å². The fraction of sp³-hybridized carbons (Fsp3) is 0.471. The van der Waals surface area contributed by atoms with Crippen LogP contribution in [0.3, 0.4) is 0 Å². The Labute approximate surface area is 170 Å². The first-order valence-electron chi connectivity index (χ1n) is 8.13. The summed E-state index contributed by atoms with van der Waals surface area (Å²) in [5, 5.41) is 10.4.